The Morgan fingerprint density at radius 1 is 1.30 bits per heavy atom. The normalized spacial score (nSPS) is 14.8. The van der Waals surface area contributed by atoms with Gasteiger partial charge in [-0.15, -0.1) is 0 Å². The second kappa shape index (κ2) is 6.13. The highest BCUT2D eigenvalue weighted by Crippen LogP contribution is 2.33. The number of carbonyl (C=O) groups is 1. The van der Waals surface area contributed by atoms with Gasteiger partial charge in [-0.1, -0.05) is 13.0 Å². The van der Waals surface area contributed by atoms with Gasteiger partial charge in [-0.3, -0.25) is 9.69 Å². The lowest BCUT2D eigenvalue weighted by molar-refractivity contribution is -0.141. The molecule has 0 saturated heterocycles. The molecule has 2 rings (SSSR count). The van der Waals surface area contributed by atoms with E-state index in [1.165, 1.54) is 0 Å². The Bertz CT molecular complexity index is 487. The van der Waals surface area contributed by atoms with Crippen molar-refractivity contribution in [2.45, 2.75) is 33.4 Å². The lowest BCUT2D eigenvalue weighted by atomic mass is 10.1. The monoisotopic (exact) mass is 279 g/mol. The topological polar surface area (TPSA) is 59.0 Å². The van der Waals surface area contributed by atoms with Crippen molar-refractivity contribution >= 4 is 5.97 Å². The summed E-state index contributed by atoms with van der Waals surface area (Å²) < 4.78 is 10.7. The number of hydrogen-bond donors (Lipinski definition) is 1. The fraction of sp³-hybridized carbons (Fsp3) is 0.533. The van der Waals surface area contributed by atoms with Crippen molar-refractivity contribution < 1.29 is 19.4 Å². The van der Waals surface area contributed by atoms with Gasteiger partial charge in [-0.25, -0.2) is 0 Å². The van der Waals surface area contributed by atoms with E-state index < -0.39 is 5.97 Å². The van der Waals surface area contributed by atoms with Crippen molar-refractivity contribution in [3.05, 3.63) is 23.8 Å². The molecule has 0 radical (unpaired) electrons. The second-order valence-corrected chi connectivity index (χ2v) is 5.45. The largest absolute Gasteiger partial charge is 0.481 e. The van der Waals surface area contributed by atoms with Crippen LogP contribution in [0.1, 0.15) is 26.3 Å². The number of fused-ring (bicyclic) bond motifs is 1. The fourth-order valence-electron chi connectivity index (χ4n) is 2.16. The summed E-state index contributed by atoms with van der Waals surface area (Å²) in [4.78, 5) is 13.1. The number of aliphatic carboxylic acids is 1. The summed E-state index contributed by atoms with van der Waals surface area (Å²) >= 11 is 0. The second-order valence-electron chi connectivity index (χ2n) is 5.45. The third-order valence-corrected chi connectivity index (χ3v) is 3.48. The molecule has 1 unspecified atom stereocenters. The molecule has 1 heterocycles. The molecule has 0 aliphatic carbocycles. The number of benzene rings is 1. The van der Waals surface area contributed by atoms with E-state index in [1.807, 2.05) is 18.2 Å². The summed E-state index contributed by atoms with van der Waals surface area (Å²) in [6.45, 7) is 7.37. The van der Waals surface area contributed by atoms with Crippen molar-refractivity contribution in [2.24, 2.45) is 5.92 Å². The summed E-state index contributed by atoms with van der Waals surface area (Å²) in [5.41, 5.74) is 1.10. The first-order chi connectivity index (χ1) is 9.47. The molecule has 1 atom stereocenters. The number of rotatable bonds is 6. The number of hydrogen-bond acceptors (Lipinski definition) is 4. The Kier molecular flexibility index (Phi) is 4.49. The summed E-state index contributed by atoms with van der Waals surface area (Å²) in [5.74, 6) is 0.383. The molecule has 5 heteroatoms. The number of ether oxygens (including phenoxy) is 2. The first-order valence-electron chi connectivity index (χ1n) is 6.82. The number of nitrogens with zero attached hydrogens (tertiary/aromatic N) is 1. The Morgan fingerprint density at radius 3 is 2.65 bits per heavy atom. The van der Waals surface area contributed by atoms with E-state index in [-0.39, 0.29) is 18.8 Å². The van der Waals surface area contributed by atoms with Crippen LogP contribution in [-0.4, -0.2) is 35.4 Å². The predicted molar refractivity (Wildman–Crippen MR) is 74.9 cm³/mol. The SMILES string of the molecule is CC(CN(Cc1ccc2c(c1)OCO2)C(C)C)C(=O)O. The van der Waals surface area contributed by atoms with Gasteiger partial charge >= 0.3 is 5.97 Å². The quantitative estimate of drug-likeness (QED) is 0.866. The third-order valence-electron chi connectivity index (χ3n) is 3.48. The predicted octanol–water partition coefficient (Wildman–Crippen LogP) is 2.35. The lowest BCUT2D eigenvalue weighted by Crippen LogP contribution is -2.36. The summed E-state index contributed by atoms with van der Waals surface area (Å²) in [7, 11) is 0. The molecule has 0 amide bonds. The average Bonchev–Trinajstić information content (AvgIpc) is 2.84. The maximum atomic E-state index is 11.0. The van der Waals surface area contributed by atoms with Crippen LogP contribution in [0, 0.1) is 5.92 Å². The Hall–Kier alpha value is -1.75. The van der Waals surface area contributed by atoms with Gasteiger partial charge in [-0.2, -0.15) is 0 Å². The standard InChI is InChI=1S/C15H21NO4/c1-10(2)16(7-11(3)15(17)18)8-12-4-5-13-14(6-12)20-9-19-13/h4-6,10-11H,7-9H2,1-3H3,(H,17,18). The highest BCUT2D eigenvalue weighted by atomic mass is 16.7. The molecule has 5 nitrogen and oxygen atoms in total. The third kappa shape index (κ3) is 3.42. The van der Waals surface area contributed by atoms with Crippen molar-refractivity contribution in [3.63, 3.8) is 0 Å². The minimum absolute atomic E-state index is 0.267. The Morgan fingerprint density at radius 2 is 2.00 bits per heavy atom. The van der Waals surface area contributed by atoms with E-state index in [2.05, 4.69) is 18.7 Å². The zero-order valence-electron chi connectivity index (χ0n) is 12.1. The van der Waals surface area contributed by atoms with Crippen LogP contribution in [0.3, 0.4) is 0 Å². The molecule has 0 fully saturated rings. The van der Waals surface area contributed by atoms with Crippen molar-refractivity contribution in [3.8, 4) is 11.5 Å². The molecule has 1 aromatic rings. The molecule has 110 valence electrons. The maximum absolute atomic E-state index is 11.0. The van der Waals surface area contributed by atoms with E-state index in [9.17, 15) is 4.79 Å². The molecule has 0 spiro atoms. The van der Waals surface area contributed by atoms with Gasteiger partial charge in [-0.05, 0) is 31.5 Å². The molecule has 0 bridgehead atoms. The summed E-state index contributed by atoms with van der Waals surface area (Å²) in [6, 6.07) is 6.14. The minimum atomic E-state index is -0.763. The zero-order valence-corrected chi connectivity index (χ0v) is 12.1. The van der Waals surface area contributed by atoms with E-state index in [4.69, 9.17) is 14.6 Å². The van der Waals surface area contributed by atoms with Crippen LogP contribution in [0.2, 0.25) is 0 Å². The van der Waals surface area contributed by atoms with Gasteiger partial charge in [0.15, 0.2) is 11.5 Å². The van der Waals surface area contributed by atoms with Crippen LogP contribution >= 0.6 is 0 Å². The Balaban J connectivity index is 2.06. The summed E-state index contributed by atoms with van der Waals surface area (Å²) in [6.07, 6.45) is 0. The maximum Gasteiger partial charge on any atom is 0.307 e. The van der Waals surface area contributed by atoms with Crippen LogP contribution in [-0.2, 0) is 11.3 Å². The van der Waals surface area contributed by atoms with Gasteiger partial charge in [0.1, 0.15) is 0 Å². The van der Waals surface area contributed by atoms with Gasteiger partial charge in [0.2, 0.25) is 6.79 Å². The van der Waals surface area contributed by atoms with E-state index in [0.29, 0.717) is 13.1 Å². The van der Waals surface area contributed by atoms with Crippen molar-refractivity contribution in [1.82, 2.24) is 4.90 Å². The van der Waals surface area contributed by atoms with Gasteiger partial charge in [0.05, 0.1) is 5.92 Å². The van der Waals surface area contributed by atoms with E-state index >= 15 is 0 Å². The van der Waals surface area contributed by atoms with Crippen LogP contribution in [0.4, 0.5) is 0 Å². The average molecular weight is 279 g/mol. The minimum Gasteiger partial charge on any atom is -0.481 e. The Labute approximate surface area is 119 Å². The first kappa shape index (κ1) is 14.7. The molecule has 0 aromatic heterocycles. The van der Waals surface area contributed by atoms with Crippen LogP contribution < -0.4 is 9.47 Å². The van der Waals surface area contributed by atoms with E-state index in [0.717, 1.165) is 17.1 Å². The molecule has 1 N–H and O–H groups in total. The highest BCUT2D eigenvalue weighted by molar-refractivity contribution is 5.69. The van der Waals surface area contributed by atoms with Gasteiger partial charge < -0.3 is 14.6 Å². The lowest BCUT2D eigenvalue weighted by Gasteiger charge is -2.28. The smallest absolute Gasteiger partial charge is 0.307 e. The number of carboxylic acid groups (broad SMARTS) is 1. The first-order valence-corrected chi connectivity index (χ1v) is 6.82. The molecule has 20 heavy (non-hydrogen) atoms. The highest BCUT2D eigenvalue weighted by Gasteiger charge is 2.20. The molecule has 1 aliphatic heterocycles. The fourth-order valence-corrected chi connectivity index (χ4v) is 2.16. The van der Waals surface area contributed by atoms with E-state index in [1.54, 1.807) is 6.92 Å². The van der Waals surface area contributed by atoms with Crippen LogP contribution in [0.25, 0.3) is 0 Å². The van der Waals surface area contributed by atoms with Gasteiger partial charge in [0, 0.05) is 19.1 Å². The van der Waals surface area contributed by atoms with Crippen molar-refractivity contribution in [1.29, 1.82) is 0 Å². The zero-order chi connectivity index (χ0) is 14.7. The van der Waals surface area contributed by atoms with Crippen LogP contribution in [0.15, 0.2) is 18.2 Å². The molecule has 0 saturated carbocycles. The number of carboxylic acids is 1. The molecule has 1 aromatic carbocycles. The molecular weight excluding hydrogens is 258 g/mol. The van der Waals surface area contributed by atoms with Crippen LogP contribution in [0.5, 0.6) is 11.5 Å². The van der Waals surface area contributed by atoms with Gasteiger partial charge in [0.25, 0.3) is 0 Å². The molecule has 1 aliphatic rings. The molecular formula is C15H21NO4. The van der Waals surface area contributed by atoms with Crippen molar-refractivity contribution in [2.75, 3.05) is 13.3 Å². The summed E-state index contributed by atoms with van der Waals surface area (Å²) in [5, 5.41) is 9.04.